The number of carbonyl (C=O) groups is 1. The Morgan fingerprint density at radius 1 is 1.08 bits per heavy atom. The molecular formula is C20H26N4O. The lowest BCUT2D eigenvalue weighted by atomic mass is 10.1. The predicted octanol–water partition coefficient (Wildman–Crippen LogP) is 2.03. The van der Waals surface area contributed by atoms with Crippen molar-refractivity contribution < 1.29 is 4.79 Å². The number of carbonyl (C=O) groups excluding carboxylic acids is 1. The van der Waals surface area contributed by atoms with E-state index < -0.39 is 0 Å². The summed E-state index contributed by atoms with van der Waals surface area (Å²) < 4.78 is 0. The van der Waals surface area contributed by atoms with E-state index in [4.69, 9.17) is 0 Å². The molecule has 0 radical (unpaired) electrons. The fraction of sp³-hybridized carbons (Fsp3) is 0.400. The predicted molar refractivity (Wildman–Crippen MR) is 99.0 cm³/mol. The fourth-order valence-corrected chi connectivity index (χ4v) is 3.34. The molecule has 1 aliphatic rings. The van der Waals surface area contributed by atoms with Crippen molar-refractivity contribution in [3.05, 3.63) is 66.0 Å². The molecular weight excluding hydrogens is 312 g/mol. The van der Waals surface area contributed by atoms with Crippen LogP contribution in [0.4, 0.5) is 0 Å². The van der Waals surface area contributed by atoms with Crippen LogP contribution in [0.15, 0.2) is 54.9 Å². The first kappa shape index (κ1) is 17.6. The average molecular weight is 338 g/mol. The molecule has 0 saturated carbocycles. The Kier molecular flexibility index (Phi) is 5.79. The maximum Gasteiger partial charge on any atom is 0.244 e. The zero-order valence-corrected chi connectivity index (χ0v) is 15.0. The van der Waals surface area contributed by atoms with Crippen LogP contribution in [0.1, 0.15) is 17.2 Å². The van der Waals surface area contributed by atoms with Gasteiger partial charge in [-0.1, -0.05) is 36.4 Å². The quantitative estimate of drug-likeness (QED) is 0.836. The molecule has 1 atom stereocenters. The van der Waals surface area contributed by atoms with Gasteiger partial charge in [-0.25, -0.2) is 0 Å². The number of benzene rings is 1. The van der Waals surface area contributed by atoms with Crippen molar-refractivity contribution in [2.45, 2.75) is 12.6 Å². The van der Waals surface area contributed by atoms with Crippen LogP contribution in [0.25, 0.3) is 0 Å². The number of aromatic nitrogens is 1. The van der Waals surface area contributed by atoms with Gasteiger partial charge in [-0.3, -0.25) is 19.6 Å². The van der Waals surface area contributed by atoms with E-state index in [2.05, 4.69) is 34.1 Å². The van der Waals surface area contributed by atoms with Crippen molar-refractivity contribution in [1.29, 1.82) is 0 Å². The van der Waals surface area contributed by atoms with E-state index >= 15 is 0 Å². The van der Waals surface area contributed by atoms with Gasteiger partial charge >= 0.3 is 0 Å². The minimum Gasteiger partial charge on any atom is -0.338 e. The number of amides is 1. The number of rotatable bonds is 5. The maximum atomic E-state index is 13.0. The first-order valence-electron chi connectivity index (χ1n) is 8.76. The molecule has 25 heavy (non-hydrogen) atoms. The van der Waals surface area contributed by atoms with Crippen LogP contribution < -0.4 is 0 Å². The second kappa shape index (κ2) is 8.23. The number of likely N-dealkylation sites (N-methyl/N-ethyl adjacent to an activating group) is 1. The molecule has 1 aromatic carbocycles. The number of hydrogen-bond acceptors (Lipinski definition) is 4. The van der Waals surface area contributed by atoms with Gasteiger partial charge < -0.3 is 4.90 Å². The van der Waals surface area contributed by atoms with Gasteiger partial charge in [0.15, 0.2) is 0 Å². The van der Waals surface area contributed by atoms with Crippen LogP contribution in [0.2, 0.25) is 0 Å². The van der Waals surface area contributed by atoms with Crippen molar-refractivity contribution in [1.82, 2.24) is 19.7 Å². The van der Waals surface area contributed by atoms with E-state index in [1.807, 2.05) is 42.1 Å². The summed E-state index contributed by atoms with van der Waals surface area (Å²) in [4.78, 5) is 23.6. The van der Waals surface area contributed by atoms with Crippen LogP contribution in [-0.2, 0) is 11.3 Å². The first-order valence-corrected chi connectivity index (χ1v) is 8.76. The Labute approximate surface area is 149 Å². The molecule has 2 aromatic rings. The summed E-state index contributed by atoms with van der Waals surface area (Å²) in [5.74, 6) is 0.164. The van der Waals surface area contributed by atoms with Crippen LogP contribution >= 0.6 is 0 Å². The third-order valence-corrected chi connectivity index (χ3v) is 4.68. The third-order valence-electron chi connectivity index (χ3n) is 4.68. The first-order chi connectivity index (χ1) is 12.1. The molecule has 2 heterocycles. The third kappa shape index (κ3) is 4.44. The molecule has 1 saturated heterocycles. The second-order valence-corrected chi connectivity index (χ2v) is 6.74. The molecule has 5 heteroatoms. The standard InChI is InChI=1S/C20H26N4O/c1-22(2)19(18-9-6-10-21-15-18)20(25)24-13-11-23(12-14-24)16-17-7-4-3-5-8-17/h3-10,15,19H,11-14,16H2,1-2H3. The Morgan fingerprint density at radius 2 is 1.80 bits per heavy atom. The zero-order chi connectivity index (χ0) is 17.6. The van der Waals surface area contributed by atoms with E-state index in [-0.39, 0.29) is 11.9 Å². The Balaban J connectivity index is 1.60. The summed E-state index contributed by atoms with van der Waals surface area (Å²) in [7, 11) is 3.89. The van der Waals surface area contributed by atoms with E-state index in [9.17, 15) is 4.79 Å². The van der Waals surface area contributed by atoms with Crippen LogP contribution in [-0.4, -0.2) is 65.9 Å². The molecule has 0 aliphatic carbocycles. The van der Waals surface area contributed by atoms with Gasteiger partial charge in [0.25, 0.3) is 0 Å². The highest BCUT2D eigenvalue weighted by Gasteiger charge is 2.30. The number of piperazine rings is 1. The van der Waals surface area contributed by atoms with Crippen LogP contribution in [0.3, 0.4) is 0 Å². The topological polar surface area (TPSA) is 39.7 Å². The summed E-state index contributed by atoms with van der Waals surface area (Å²) in [6, 6.07) is 14.1. The largest absolute Gasteiger partial charge is 0.338 e. The molecule has 1 unspecified atom stereocenters. The zero-order valence-electron chi connectivity index (χ0n) is 15.0. The molecule has 5 nitrogen and oxygen atoms in total. The number of hydrogen-bond donors (Lipinski definition) is 0. The van der Waals surface area contributed by atoms with Crippen molar-refractivity contribution >= 4 is 5.91 Å². The summed E-state index contributed by atoms with van der Waals surface area (Å²) in [5, 5.41) is 0. The van der Waals surface area contributed by atoms with Gasteiger partial charge in [0.2, 0.25) is 5.91 Å². The summed E-state index contributed by atoms with van der Waals surface area (Å²) >= 11 is 0. The SMILES string of the molecule is CN(C)C(C(=O)N1CCN(Cc2ccccc2)CC1)c1cccnc1. The number of pyridine rings is 1. The average Bonchev–Trinajstić information content (AvgIpc) is 2.64. The second-order valence-electron chi connectivity index (χ2n) is 6.74. The lowest BCUT2D eigenvalue weighted by Crippen LogP contribution is -2.51. The summed E-state index contributed by atoms with van der Waals surface area (Å²) in [6.07, 6.45) is 3.53. The van der Waals surface area contributed by atoms with Crippen LogP contribution in [0.5, 0.6) is 0 Å². The molecule has 1 aliphatic heterocycles. The highest BCUT2D eigenvalue weighted by Crippen LogP contribution is 2.21. The van der Waals surface area contributed by atoms with Gasteiger partial charge in [0, 0.05) is 45.1 Å². The monoisotopic (exact) mass is 338 g/mol. The highest BCUT2D eigenvalue weighted by atomic mass is 16.2. The minimum absolute atomic E-state index is 0.164. The fourth-order valence-electron chi connectivity index (χ4n) is 3.34. The van der Waals surface area contributed by atoms with E-state index in [0.29, 0.717) is 0 Å². The molecule has 3 rings (SSSR count). The molecule has 0 spiro atoms. The van der Waals surface area contributed by atoms with Crippen molar-refractivity contribution in [2.75, 3.05) is 40.3 Å². The number of nitrogens with zero attached hydrogens (tertiary/aromatic N) is 4. The van der Waals surface area contributed by atoms with Gasteiger partial charge in [0.05, 0.1) is 0 Å². The minimum atomic E-state index is -0.269. The highest BCUT2D eigenvalue weighted by molar-refractivity contribution is 5.83. The molecule has 0 bridgehead atoms. The lowest BCUT2D eigenvalue weighted by molar-refractivity contribution is -0.138. The van der Waals surface area contributed by atoms with Crippen molar-refractivity contribution in [3.63, 3.8) is 0 Å². The van der Waals surface area contributed by atoms with Crippen molar-refractivity contribution in [3.8, 4) is 0 Å². The molecule has 0 N–H and O–H groups in total. The maximum absolute atomic E-state index is 13.0. The van der Waals surface area contributed by atoms with Gasteiger partial charge in [0.1, 0.15) is 6.04 Å². The van der Waals surface area contributed by atoms with Crippen molar-refractivity contribution in [2.24, 2.45) is 0 Å². The van der Waals surface area contributed by atoms with Gasteiger partial charge in [-0.15, -0.1) is 0 Å². The Morgan fingerprint density at radius 3 is 2.40 bits per heavy atom. The van der Waals surface area contributed by atoms with E-state index in [1.54, 1.807) is 12.4 Å². The summed E-state index contributed by atoms with van der Waals surface area (Å²) in [5.41, 5.74) is 2.27. The smallest absolute Gasteiger partial charge is 0.244 e. The van der Waals surface area contributed by atoms with Crippen LogP contribution in [0, 0.1) is 0 Å². The Bertz CT molecular complexity index is 667. The van der Waals surface area contributed by atoms with Gasteiger partial charge in [-0.2, -0.15) is 0 Å². The summed E-state index contributed by atoms with van der Waals surface area (Å²) in [6.45, 7) is 4.32. The van der Waals surface area contributed by atoms with E-state index in [1.165, 1.54) is 5.56 Å². The molecule has 1 amide bonds. The van der Waals surface area contributed by atoms with Gasteiger partial charge in [-0.05, 0) is 31.3 Å². The lowest BCUT2D eigenvalue weighted by Gasteiger charge is -2.37. The molecule has 1 aromatic heterocycles. The molecule has 132 valence electrons. The Hall–Kier alpha value is -2.24. The van der Waals surface area contributed by atoms with E-state index in [0.717, 1.165) is 38.3 Å². The molecule has 1 fully saturated rings. The normalized spacial score (nSPS) is 16.8.